The van der Waals surface area contributed by atoms with Crippen LogP contribution in [-0.4, -0.2) is 14.9 Å². The van der Waals surface area contributed by atoms with Crippen molar-refractivity contribution in [3.8, 4) is 5.88 Å². The zero-order chi connectivity index (χ0) is 9.14. The van der Waals surface area contributed by atoms with Crippen LogP contribution in [0.25, 0.3) is 0 Å². The van der Waals surface area contributed by atoms with E-state index >= 15 is 0 Å². The van der Waals surface area contributed by atoms with Gasteiger partial charge in [0.05, 0.1) is 17.8 Å². The van der Waals surface area contributed by atoms with Gasteiger partial charge in [-0.05, 0) is 13.8 Å². The summed E-state index contributed by atoms with van der Waals surface area (Å²) in [6, 6.07) is 0. The molecule has 0 bridgehead atoms. The Morgan fingerprint density at radius 1 is 1.50 bits per heavy atom. The molecular formula is C6H7ClN2O2S. The molecular weight excluding hydrogens is 200 g/mol. The molecule has 0 fully saturated rings. The molecule has 0 radical (unpaired) electrons. The van der Waals surface area contributed by atoms with Crippen molar-refractivity contribution in [3.05, 3.63) is 15.4 Å². The maximum Gasteiger partial charge on any atom is 0.279 e. The van der Waals surface area contributed by atoms with Crippen molar-refractivity contribution in [2.75, 3.05) is 0 Å². The minimum atomic E-state index is -0.455. The quantitative estimate of drug-likeness (QED) is 0.733. The van der Waals surface area contributed by atoms with Crippen LogP contribution in [0.1, 0.15) is 13.8 Å². The van der Waals surface area contributed by atoms with Crippen LogP contribution in [0, 0.1) is 0 Å². The highest BCUT2D eigenvalue weighted by Crippen LogP contribution is 2.06. The molecule has 0 unspecified atom stereocenters. The molecule has 0 saturated carbocycles. The van der Waals surface area contributed by atoms with E-state index in [-0.39, 0.29) is 17.1 Å². The smallest absolute Gasteiger partial charge is 0.279 e. The molecule has 4 nitrogen and oxygen atoms in total. The fourth-order valence-electron chi connectivity index (χ4n) is 0.563. The lowest BCUT2D eigenvalue weighted by Gasteiger charge is -2.05. The van der Waals surface area contributed by atoms with Crippen molar-refractivity contribution in [1.82, 2.24) is 8.75 Å². The van der Waals surface area contributed by atoms with E-state index < -0.39 is 5.43 Å². The first-order chi connectivity index (χ1) is 5.61. The first-order valence-electron chi connectivity index (χ1n) is 3.30. The van der Waals surface area contributed by atoms with Crippen molar-refractivity contribution in [3.63, 3.8) is 0 Å². The summed E-state index contributed by atoms with van der Waals surface area (Å²) in [5.74, 6) is 0.0231. The second kappa shape index (κ2) is 3.82. The van der Waals surface area contributed by atoms with Gasteiger partial charge in [0, 0.05) is 0 Å². The highest BCUT2D eigenvalue weighted by Gasteiger charge is 2.08. The molecule has 0 amide bonds. The van der Waals surface area contributed by atoms with Gasteiger partial charge >= 0.3 is 0 Å². The molecule has 1 rings (SSSR count). The van der Waals surface area contributed by atoms with Gasteiger partial charge in [0.1, 0.15) is 0 Å². The topological polar surface area (TPSA) is 52.1 Å². The second-order valence-electron chi connectivity index (χ2n) is 2.36. The van der Waals surface area contributed by atoms with Crippen LogP contribution in [0.15, 0.2) is 4.79 Å². The Kier molecular flexibility index (Phi) is 2.99. The van der Waals surface area contributed by atoms with Crippen molar-refractivity contribution < 1.29 is 4.74 Å². The number of halogens is 1. The third-order valence-electron chi connectivity index (χ3n) is 0.974. The largest absolute Gasteiger partial charge is 0.471 e. The molecule has 0 aromatic carbocycles. The molecule has 1 aromatic heterocycles. The highest BCUT2D eigenvalue weighted by molar-refractivity contribution is 6.99. The summed E-state index contributed by atoms with van der Waals surface area (Å²) in [6.45, 7) is 3.61. The molecule has 0 atom stereocenters. The monoisotopic (exact) mass is 206 g/mol. The molecule has 1 heterocycles. The average molecular weight is 207 g/mol. The van der Waals surface area contributed by atoms with Gasteiger partial charge in [-0.25, -0.2) is 0 Å². The van der Waals surface area contributed by atoms with Crippen LogP contribution in [0.5, 0.6) is 5.88 Å². The Hall–Kier alpha value is -0.680. The lowest BCUT2D eigenvalue weighted by Crippen LogP contribution is -2.15. The van der Waals surface area contributed by atoms with Gasteiger partial charge < -0.3 is 4.74 Å². The molecule has 0 saturated heterocycles. The molecule has 0 aliphatic carbocycles. The highest BCUT2D eigenvalue weighted by atomic mass is 35.5. The van der Waals surface area contributed by atoms with Gasteiger partial charge in [0.2, 0.25) is 0 Å². The average Bonchev–Trinajstić information content (AvgIpc) is 1.98. The summed E-state index contributed by atoms with van der Waals surface area (Å²) in [6.07, 6.45) is -0.0872. The van der Waals surface area contributed by atoms with Gasteiger partial charge in [0.25, 0.3) is 11.3 Å². The van der Waals surface area contributed by atoms with Crippen molar-refractivity contribution >= 4 is 23.3 Å². The van der Waals surface area contributed by atoms with E-state index in [0.29, 0.717) is 0 Å². The summed E-state index contributed by atoms with van der Waals surface area (Å²) in [5, 5.41) is -0.0920. The Labute approximate surface area is 78.5 Å². The van der Waals surface area contributed by atoms with Gasteiger partial charge in [0.15, 0.2) is 5.15 Å². The van der Waals surface area contributed by atoms with E-state index in [0.717, 1.165) is 11.7 Å². The van der Waals surface area contributed by atoms with E-state index in [2.05, 4.69) is 8.75 Å². The predicted molar refractivity (Wildman–Crippen MR) is 47.0 cm³/mol. The lowest BCUT2D eigenvalue weighted by atomic mass is 10.5. The number of ether oxygens (including phenoxy) is 1. The number of rotatable bonds is 2. The predicted octanol–water partition coefficient (Wildman–Crippen LogP) is 1.34. The summed E-state index contributed by atoms with van der Waals surface area (Å²) in [5.41, 5.74) is -0.455. The third-order valence-corrected chi connectivity index (χ3v) is 1.84. The fraction of sp³-hybridized carbons (Fsp3) is 0.500. The summed E-state index contributed by atoms with van der Waals surface area (Å²) in [4.78, 5) is 11.1. The molecule has 1 aromatic rings. The zero-order valence-electron chi connectivity index (χ0n) is 6.57. The van der Waals surface area contributed by atoms with Gasteiger partial charge in [-0.3, -0.25) is 4.79 Å². The molecule has 0 spiro atoms. The fourth-order valence-corrected chi connectivity index (χ4v) is 1.13. The maximum absolute atomic E-state index is 11.1. The van der Waals surface area contributed by atoms with E-state index in [9.17, 15) is 4.79 Å². The van der Waals surface area contributed by atoms with Crippen molar-refractivity contribution in [2.24, 2.45) is 0 Å². The number of aromatic nitrogens is 2. The zero-order valence-corrected chi connectivity index (χ0v) is 8.15. The summed E-state index contributed by atoms with van der Waals surface area (Å²) >= 11 is 6.32. The van der Waals surface area contributed by atoms with E-state index in [1.54, 1.807) is 13.8 Å². The summed E-state index contributed by atoms with van der Waals surface area (Å²) in [7, 11) is 0. The first kappa shape index (κ1) is 9.41. The number of hydrogen-bond donors (Lipinski definition) is 0. The minimum absolute atomic E-state index is 0.0231. The van der Waals surface area contributed by atoms with Crippen molar-refractivity contribution in [1.29, 1.82) is 0 Å². The van der Waals surface area contributed by atoms with E-state index in [4.69, 9.17) is 16.3 Å². The van der Waals surface area contributed by atoms with Crippen LogP contribution in [0.3, 0.4) is 0 Å². The van der Waals surface area contributed by atoms with Crippen LogP contribution in [0.2, 0.25) is 5.15 Å². The van der Waals surface area contributed by atoms with E-state index in [1.807, 2.05) is 0 Å². The van der Waals surface area contributed by atoms with Crippen LogP contribution >= 0.6 is 23.3 Å². The standard InChI is InChI=1S/C6H7ClN2O2S/c1-3(2)11-6-4(10)5(7)8-12-9-6/h3H,1-2H3. The maximum atomic E-state index is 11.1. The molecule has 0 aliphatic rings. The Balaban J connectivity index is 3.01. The third kappa shape index (κ3) is 2.15. The Bertz CT molecular complexity index is 326. The normalized spacial score (nSPS) is 10.3. The van der Waals surface area contributed by atoms with Crippen LogP contribution in [0.4, 0.5) is 0 Å². The molecule has 0 aliphatic heterocycles. The van der Waals surface area contributed by atoms with Crippen molar-refractivity contribution in [2.45, 2.75) is 20.0 Å². The van der Waals surface area contributed by atoms with E-state index in [1.165, 1.54) is 0 Å². The van der Waals surface area contributed by atoms with Crippen LogP contribution in [-0.2, 0) is 0 Å². The minimum Gasteiger partial charge on any atom is -0.471 e. The van der Waals surface area contributed by atoms with Gasteiger partial charge in [-0.1, -0.05) is 11.6 Å². The van der Waals surface area contributed by atoms with Crippen LogP contribution < -0.4 is 10.2 Å². The molecule has 0 N–H and O–H groups in total. The Morgan fingerprint density at radius 3 is 2.75 bits per heavy atom. The van der Waals surface area contributed by atoms with Gasteiger partial charge in [-0.2, -0.15) is 4.37 Å². The first-order valence-corrected chi connectivity index (χ1v) is 4.41. The number of hydrogen-bond acceptors (Lipinski definition) is 5. The second-order valence-corrected chi connectivity index (χ2v) is 3.24. The molecule has 12 heavy (non-hydrogen) atoms. The summed E-state index contributed by atoms with van der Waals surface area (Å²) < 4.78 is 12.3. The number of nitrogens with zero attached hydrogens (tertiary/aromatic N) is 2. The Morgan fingerprint density at radius 2 is 2.17 bits per heavy atom. The SMILES string of the molecule is CC(C)Oc1nsnc(Cl)c1=O. The molecule has 6 heteroatoms. The lowest BCUT2D eigenvalue weighted by molar-refractivity contribution is 0.232. The van der Waals surface area contributed by atoms with Gasteiger partial charge in [-0.15, -0.1) is 4.37 Å². The molecule has 66 valence electrons.